The molecule has 0 radical (unpaired) electrons. The van der Waals surface area contributed by atoms with Gasteiger partial charge in [-0.25, -0.2) is 13.4 Å². The lowest BCUT2D eigenvalue weighted by Gasteiger charge is -2.07. The standard InChI is InChI=1S/C11H7BrN4O2S2/c12-7-4-5-10(13-6-7)16-20(17,18)9-3-1-2-8-11(9)15-19-14-8/h1-6H,(H,13,16). The number of halogens is 1. The number of anilines is 1. The van der Waals surface area contributed by atoms with E-state index in [0.29, 0.717) is 11.0 Å². The third-order valence-electron chi connectivity index (χ3n) is 2.50. The van der Waals surface area contributed by atoms with Crippen LogP contribution in [-0.4, -0.2) is 22.1 Å². The monoisotopic (exact) mass is 370 g/mol. The lowest BCUT2D eigenvalue weighted by Crippen LogP contribution is -2.14. The molecule has 0 amide bonds. The molecule has 2 aromatic heterocycles. The van der Waals surface area contributed by atoms with E-state index >= 15 is 0 Å². The van der Waals surface area contributed by atoms with Crippen LogP contribution in [0.1, 0.15) is 0 Å². The van der Waals surface area contributed by atoms with Crippen LogP contribution in [0.4, 0.5) is 5.82 Å². The number of pyridine rings is 1. The first-order chi connectivity index (χ1) is 9.56. The molecule has 0 unspecified atom stereocenters. The van der Waals surface area contributed by atoms with Crippen LogP contribution >= 0.6 is 27.7 Å². The van der Waals surface area contributed by atoms with Crippen LogP contribution in [0.2, 0.25) is 0 Å². The summed E-state index contributed by atoms with van der Waals surface area (Å²) < 4.78 is 36.0. The van der Waals surface area contributed by atoms with E-state index in [1.165, 1.54) is 12.3 Å². The first-order valence-corrected chi connectivity index (χ1v) is 8.42. The highest BCUT2D eigenvalue weighted by Crippen LogP contribution is 2.23. The van der Waals surface area contributed by atoms with Gasteiger partial charge in [-0.2, -0.15) is 8.75 Å². The number of nitrogens with one attached hydrogen (secondary N) is 1. The van der Waals surface area contributed by atoms with Gasteiger partial charge in [-0.1, -0.05) is 6.07 Å². The van der Waals surface area contributed by atoms with Gasteiger partial charge in [-0.05, 0) is 40.2 Å². The minimum Gasteiger partial charge on any atom is -0.263 e. The summed E-state index contributed by atoms with van der Waals surface area (Å²) in [6.45, 7) is 0. The Balaban J connectivity index is 2.03. The molecule has 0 atom stereocenters. The minimum absolute atomic E-state index is 0.0912. The van der Waals surface area contributed by atoms with Crippen molar-refractivity contribution in [1.82, 2.24) is 13.7 Å². The molecule has 0 aliphatic carbocycles. The quantitative estimate of drug-likeness (QED) is 0.765. The summed E-state index contributed by atoms with van der Waals surface area (Å²) in [6.07, 6.45) is 1.52. The van der Waals surface area contributed by atoms with E-state index in [9.17, 15) is 8.42 Å². The zero-order valence-electron chi connectivity index (χ0n) is 9.82. The minimum atomic E-state index is -3.75. The zero-order chi connectivity index (χ0) is 14.2. The smallest absolute Gasteiger partial charge is 0.263 e. The van der Waals surface area contributed by atoms with Gasteiger partial charge in [-0.15, -0.1) is 0 Å². The van der Waals surface area contributed by atoms with Crippen LogP contribution in [0.3, 0.4) is 0 Å². The molecular formula is C11H7BrN4O2S2. The Bertz CT molecular complexity index is 862. The summed E-state index contributed by atoms with van der Waals surface area (Å²) in [5.41, 5.74) is 0.920. The second-order valence-corrected chi connectivity index (χ2v) is 6.95. The SMILES string of the molecule is O=S(=O)(Nc1ccc(Br)cn1)c1cccc2nsnc12. The van der Waals surface area contributed by atoms with Crippen LogP contribution < -0.4 is 4.72 Å². The molecule has 0 spiro atoms. The summed E-state index contributed by atoms with van der Waals surface area (Å²) in [5.74, 6) is 0.244. The van der Waals surface area contributed by atoms with Gasteiger partial charge in [0, 0.05) is 10.7 Å². The molecule has 0 saturated heterocycles. The van der Waals surface area contributed by atoms with Crippen LogP contribution in [0.15, 0.2) is 45.9 Å². The van der Waals surface area contributed by atoms with Crippen molar-refractivity contribution in [1.29, 1.82) is 0 Å². The van der Waals surface area contributed by atoms with E-state index < -0.39 is 10.0 Å². The van der Waals surface area contributed by atoms with Crippen molar-refractivity contribution in [2.24, 2.45) is 0 Å². The molecule has 6 nitrogen and oxygen atoms in total. The fraction of sp³-hybridized carbons (Fsp3) is 0. The molecule has 20 heavy (non-hydrogen) atoms. The third kappa shape index (κ3) is 2.51. The molecule has 0 saturated carbocycles. The Labute approximate surface area is 127 Å². The molecule has 9 heteroatoms. The van der Waals surface area contributed by atoms with Crippen LogP contribution in [0.25, 0.3) is 11.0 Å². The first kappa shape index (κ1) is 13.4. The Morgan fingerprint density at radius 2 is 2.00 bits per heavy atom. The predicted octanol–water partition coefficient (Wildman–Crippen LogP) is 2.65. The highest BCUT2D eigenvalue weighted by atomic mass is 79.9. The number of hydrogen-bond acceptors (Lipinski definition) is 6. The third-order valence-corrected chi connectivity index (χ3v) is 4.90. The molecule has 0 bridgehead atoms. The Morgan fingerprint density at radius 3 is 2.75 bits per heavy atom. The lowest BCUT2D eigenvalue weighted by molar-refractivity contribution is 0.601. The van der Waals surface area contributed by atoms with Crippen molar-refractivity contribution in [2.45, 2.75) is 4.90 Å². The lowest BCUT2D eigenvalue weighted by atomic mass is 10.3. The summed E-state index contributed by atoms with van der Waals surface area (Å²) >= 11 is 4.22. The number of rotatable bonds is 3. The fourth-order valence-electron chi connectivity index (χ4n) is 1.63. The molecule has 3 aromatic rings. The van der Waals surface area contributed by atoms with Crippen molar-refractivity contribution < 1.29 is 8.42 Å². The average molecular weight is 371 g/mol. The van der Waals surface area contributed by atoms with Gasteiger partial charge >= 0.3 is 0 Å². The van der Waals surface area contributed by atoms with E-state index in [1.54, 1.807) is 24.3 Å². The van der Waals surface area contributed by atoms with Crippen LogP contribution in [0, 0.1) is 0 Å². The summed E-state index contributed by atoms with van der Waals surface area (Å²) in [4.78, 5) is 4.08. The first-order valence-electron chi connectivity index (χ1n) is 5.42. The molecule has 0 aliphatic heterocycles. The topological polar surface area (TPSA) is 84.8 Å². The number of nitrogens with zero attached hydrogens (tertiary/aromatic N) is 3. The number of sulfonamides is 1. The molecule has 1 aromatic carbocycles. The Hall–Kier alpha value is -1.58. The predicted molar refractivity (Wildman–Crippen MR) is 80.2 cm³/mol. The maximum absolute atomic E-state index is 12.4. The highest BCUT2D eigenvalue weighted by Gasteiger charge is 2.19. The molecule has 0 aliphatic rings. The van der Waals surface area contributed by atoms with Gasteiger partial charge in [0.2, 0.25) is 0 Å². The summed E-state index contributed by atoms with van der Waals surface area (Å²) in [7, 11) is -3.75. The number of hydrogen-bond donors (Lipinski definition) is 1. The molecule has 0 fully saturated rings. The van der Waals surface area contributed by atoms with Gasteiger partial charge < -0.3 is 0 Å². The van der Waals surface area contributed by atoms with Crippen LogP contribution in [-0.2, 0) is 10.0 Å². The van der Waals surface area contributed by atoms with Crippen molar-refractivity contribution in [3.8, 4) is 0 Å². The highest BCUT2D eigenvalue weighted by molar-refractivity contribution is 9.10. The second-order valence-electron chi connectivity index (χ2n) is 3.86. The molecule has 102 valence electrons. The Morgan fingerprint density at radius 1 is 1.15 bits per heavy atom. The molecule has 1 N–H and O–H groups in total. The number of aromatic nitrogens is 3. The van der Waals surface area contributed by atoms with Gasteiger partial charge in [0.1, 0.15) is 21.7 Å². The van der Waals surface area contributed by atoms with Crippen molar-refractivity contribution in [3.63, 3.8) is 0 Å². The van der Waals surface area contributed by atoms with E-state index in [-0.39, 0.29) is 10.7 Å². The van der Waals surface area contributed by atoms with Crippen molar-refractivity contribution >= 4 is 54.5 Å². The maximum Gasteiger partial charge on any atom is 0.265 e. The van der Waals surface area contributed by atoms with E-state index in [1.807, 2.05) is 0 Å². The summed E-state index contributed by atoms with van der Waals surface area (Å²) in [6, 6.07) is 8.12. The maximum atomic E-state index is 12.4. The molecule has 3 rings (SSSR count). The average Bonchev–Trinajstić information content (AvgIpc) is 2.89. The zero-order valence-corrected chi connectivity index (χ0v) is 13.0. The van der Waals surface area contributed by atoms with E-state index in [0.717, 1.165) is 16.2 Å². The van der Waals surface area contributed by atoms with Gasteiger partial charge in [-0.3, -0.25) is 4.72 Å². The van der Waals surface area contributed by atoms with Crippen molar-refractivity contribution in [3.05, 3.63) is 41.0 Å². The van der Waals surface area contributed by atoms with E-state index in [2.05, 4.69) is 34.4 Å². The second kappa shape index (κ2) is 5.08. The van der Waals surface area contributed by atoms with E-state index in [4.69, 9.17) is 0 Å². The van der Waals surface area contributed by atoms with Gasteiger partial charge in [0.05, 0.1) is 11.7 Å². The fourth-order valence-corrected chi connectivity index (χ4v) is 3.64. The van der Waals surface area contributed by atoms with Gasteiger partial charge in [0.25, 0.3) is 10.0 Å². The van der Waals surface area contributed by atoms with Crippen LogP contribution in [0.5, 0.6) is 0 Å². The largest absolute Gasteiger partial charge is 0.265 e. The normalized spacial score (nSPS) is 11.7. The molecular weight excluding hydrogens is 364 g/mol. The Kier molecular flexibility index (Phi) is 3.40. The summed E-state index contributed by atoms with van der Waals surface area (Å²) in [5, 5.41) is 0. The van der Waals surface area contributed by atoms with Gasteiger partial charge in [0.15, 0.2) is 0 Å². The number of benzene rings is 1. The molecule has 2 heterocycles. The van der Waals surface area contributed by atoms with Crippen molar-refractivity contribution in [2.75, 3.05) is 4.72 Å². The number of fused-ring (bicyclic) bond motifs is 1.